The van der Waals surface area contributed by atoms with Gasteiger partial charge in [-0.3, -0.25) is 4.79 Å². The normalized spacial score (nSPS) is 11.5. The van der Waals surface area contributed by atoms with Gasteiger partial charge in [0.15, 0.2) is 5.65 Å². The summed E-state index contributed by atoms with van der Waals surface area (Å²) in [6.07, 6.45) is 4.78. The average molecular weight is 307 g/mol. The van der Waals surface area contributed by atoms with Crippen molar-refractivity contribution in [3.05, 3.63) is 18.6 Å². The molecule has 2 aromatic rings. The van der Waals surface area contributed by atoms with Gasteiger partial charge in [-0.1, -0.05) is 0 Å². The van der Waals surface area contributed by atoms with Crippen LogP contribution in [0.25, 0.3) is 5.65 Å². The molecule has 0 aliphatic rings. The van der Waals surface area contributed by atoms with Crippen LogP contribution >= 0.6 is 0 Å². The summed E-state index contributed by atoms with van der Waals surface area (Å²) in [4.78, 5) is 23.3. The second-order valence-electron chi connectivity index (χ2n) is 6.04. The average Bonchev–Trinajstić information content (AvgIpc) is 2.92. The monoisotopic (exact) mass is 307 g/mol. The van der Waals surface area contributed by atoms with Gasteiger partial charge in [0.2, 0.25) is 5.91 Å². The van der Waals surface area contributed by atoms with Gasteiger partial charge in [0.1, 0.15) is 12.3 Å². The number of anilines is 1. The van der Waals surface area contributed by atoms with Crippen molar-refractivity contribution in [3.8, 4) is 0 Å². The van der Waals surface area contributed by atoms with E-state index in [4.69, 9.17) is 4.74 Å². The van der Waals surface area contributed by atoms with Crippen molar-refractivity contribution in [2.75, 3.05) is 11.9 Å². The summed E-state index contributed by atoms with van der Waals surface area (Å²) in [5, 5.41) is 9.54. The number of nitrogens with zero attached hydrogens (tertiary/aromatic N) is 3. The van der Waals surface area contributed by atoms with Crippen LogP contribution in [-0.4, -0.2) is 38.3 Å². The highest BCUT2D eigenvalue weighted by molar-refractivity contribution is 5.94. The number of aryl methyl sites for hydroxylation is 1. The molecule has 0 saturated carbocycles. The minimum atomic E-state index is -0.532. The standard InChI is InChI=1S/C14H21N5O3/c1-14(2,3)17-13(21)22-8-5-11(20)16-10-9-15-19-7-6-18(4)12(10)19/h6-7,9H,5,8H2,1-4H3,(H,16,20)(H,17,21). The van der Waals surface area contributed by atoms with Crippen molar-refractivity contribution in [1.82, 2.24) is 19.5 Å². The molecule has 120 valence electrons. The number of fused-ring (bicyclic) bond motifs is 1. The highest BCUT2D eigenvalue weighted by Gasteiger charge is 2.15. The van der Waals surface area contributed by atoms with E-state index in [0.29, 0.717) is 5.69 Å². The van der Waals surface area contributed by atoms with E-state index in [1.165, 1.54) is 0 Å². The molecule has 0 spiro atoms. The zero-order valence-corrected chi connectivity index (χ0v) is 13.2. The molecule has 0 aromatic carbocycles. The molecule has 0 unspecified atom stereocenters. The van der Waals surface area contributed by atoms with Crippen molar-refractivity contribution in [2.45, 2.75) is 32.7 Å². The van der Waals surface area contributed by atoms with E-state index in [1.807, 2.05) is 38.6 Å². The first-order chi connectivity index (χ1) is 10.3. The third-order valence-corrected chi connectivity index (χ3v) is 2.85. The molecule has 2 N–H and O–H groups in total. The Labute approximate surface area is 128 Å². The van der Waals surface area contributed by atoms with Gasteiger partial charge in [-0.15, -0.1) is 0 Å². The van der Waals surface area contributed by atoms with Gasteiger partial charge in [0, 0.05) is 25.0 Å². The Balaban J connectivity index is 1.81. The second-order valence-corrected chi connectivity index (χ2v) is 6.04. The topological polar surface area (TPSA) is 89.7 Å². The summed E-state index contributed by atoms with van der Waals surface area (Å²) < 4.78 is 8.49. The number of ether oxygens (including phenoxy) is 1. The number of nitrogens with one attached hydrogen (secondary N) is 2. The van der Waals surface area contributed by atoms with Crippen molar-refractivity contribution >= 4 is 23.3 Å². The van der Waals surface area contributed by atoms with E-state index in [-0.39, 0.29) is 24.5 Å². The highest BCUT2D eigenvalue weighted by atomic mass is 16.5. The van der Waals surface area contributed by atoms with Gasteiger partial charge < -0.3 is 19.9 Å². The lowest BCUT2D eigenvalue weighted by Gasteiger charge is -2.19. The fraction of sp³-hybridized carbons (Fsp3) is 0.500. The second kappa shape index (κ2) is 6.08. The molecule has 0 radical (unpaired) electrons. The molecule has 8 heteroatoms. The molecule has 8 nitrogen and oxygen atoms in total. The number of aromatic nitrogens is 3. The maximum absolute atomic E-state index is 11.9. The van der Waals surface area contributed by atoms with Crippen LogP contribution in [0.1, 0.15) is 27.2 Å². The van der Waals surface area contributed by atoms with Crippen molar-refractivity contribution in [1.29, 1.82) is 0 Å². The Hall–Kier alpha value is -2.51. The third kappa shape index (κ3) is 4.00. The van der Waals surface area contributed by atoms with Crippen LogP contribution in [0.3, 0.4) is 0 Å². The zero-order chi connectivity index (χ0) is 16.3. The first kappa shape index (κ1) is 15.9. The number of rotatable bonds is 4. The summed E-state index contributed by atoms with van der Waals surface area (Å²) in [6, 6.07) is 0. The zero-order valence-electron chi connectivity index (χ0n) is 13.2. The minimum Gasteiger partial charge on any atom is -0.449 e. The molecule has 22 heavy (non-hydrogen) atoms. The van der Waals surface area contributed by atoms with E-state index in [0.717, 1.165) is 5.65 Å². The lowest BCUT2D eigenvalue weighted by molar-refractivity contribution is -0.116. The maximum Gasteiger partial charge on any atom is 0.407 e. The Morgan fingerprint density at radius 2 is 2.05 bits per heavy atom. The quantitative estimate of drug-likeness (QED) is 0.896. The van der Waals surface area contributed by atoms with E-state index < -0.39 is 6.09 Å². The largest absolute Gasteiger partial charge is 0.449 e. The van der Waals surface area contributed by atoms with E-state index in [9.17, 15) is 9.59 Å². The van der Waals surface area contributed by atoms with E-state index in [2.05, 4.69) is 15.7 Å². The van der Waals surface area contributed by atoms with Crippen LogP contribution in [0.2, 0.25) is 0 Å². The molecule has 2 amide bonds. The van der Waals surface area contributed by atoms with Gasteiger partial charge in [-0.25, -0.2) is 9.31 Å². The van der Waals surface area contributed by atoms with Gasteiger partial charge in [-0.2, -0.15) is 5.10 Å². The van der Waals surface area contributed by atoms with Crippen molar-refractivity contribution < 1.29 is 14.3 Å². The van der Waals surface area contributed by atoms with Gasteiger partial charge in [-0.05, 0) is 20.8 Å². The Morgan fingerprint density at radius 3 is 2.73 bits per heavy atom. The Kier molecular flexibility index (Phi) is 4.39. The van der Waals surface area contributed by atoms with Crippen LogP contribution in [0.15, 0.2) is 18.6 Å². The predicted molar refractivity (Wildman–Crippen MR) is 81.6 cm³/mol. The number of imidazole rings is 1. The fourth-order valence-corrected chi connectivity index (χ4v) is 1.93. The molecular weight excluding hydrogens is 286 g/mol. The van der Waals surface area contributed by atoms with Gasteiger partial charge in [0.25, 0.3) is 0 Å². The molecule has 0 aliphatic carbocycles. The fourth-order valence-electron chi connectivity index (χ4n) is 1.93. The number of hydrogen-bond donors (Lipinski definition) is 2. The molecule has 2 rings (SSSR count). The summed E-state index contributed by atoms with van der Waals surface area (Å²) in [7, 11) is 1.87. The molecule has 2 aromatic heterocycles. The number of hydrogen-bond acceptors (Lipinski definition) is 4. The SMILES string of the molecule is Cn1ccn2ncc(NC(=O)CCOC(=O)NC(C)(C)C)c12. The maximum atomic E-state index is 11.9. The molecule has 0 atom stereocenters. The predicted octanol–water partition coefficient (Wildman–Crippen LogP) is 1.53. The van der Waals surface area contributed by atoms with Crippen LogP contribution in [0.5, 0.6) is 0 Å². The molecular formula is C14H21N5O3. The van der Waals surface area contributed by atoms with E-state index in [1.54, 1.807) is 16.9 Å². The minimum absolute atomic E-state index is 0.0192. The Bertz CT molecular complexity index is 680. The highest BCUT2D eigenvalue weighted by Crippen LogP contribution is 2.16. The van der Waals surface area contributed by atoms with E-state index >= 15 is 0 Å². The number of amides is 2. The van der Waals surface area contributed by atoms with Crippen LogP contribution in [-0.2, 0) is 16.6 Å². The molecule has 0 aliphatic heterocycles. The summed E-state index contributed by atoms with van der Waals surface area (Å²) in [5.41, 5.74) is 1.05. The van der Waals surface area contributed by atoms with Gasteiger partial charge >= 0.3 is 6.09 Å². The third-order valence-electron chi connectivity index (χ3n) is 2.85. The Morgan fingerprint density at radius 1 is 1.32 bits per heavy atom. The molecule has 0 fully saturated rings. The number of alkyl carbamates (subject to hydrolysis) is 1. The smallest absolute Gasteiger partial charge is 0.407 e. The van der Waals surface area contributed by atoms with Crippen molar-refractivity contribution in [3.63, 3.8) is 0 Å². The summed E-state index contributed by atoms with van der Waals surface area (Å²) >= 11 is 0. The van der Waals surface area contributed by atoms with Crippen LogP contribution < -0.4 is 10.6 Å². The lowest BCUT2D eigenvalue weighted by Crippen LogP contribution is -2.41. The first-order valence-corrected chi connectivity index (χ1v) is 7.00. The van der Waals surface area contributed by atoms with Crippen molar-refractivity contribution in [2.24, 2.45) is 7.05 Å². The number of carbonyl (C=O) groups excluding carboxylic acids is 2. The molecule has 0 saturated heterocycles. The van der Waals surface area contributed by atoms with Crippen LogP contribution in [0, 0.1) is 0 Å². The number of carbonyl (C=O) groups is 2. The molecule has 0 bridgehead atoms. The summed E-state index contributed by atoms with van der Waals surface area (Å²) in [6.45, 7) is 5.58. The van der Waals surface area contributed by atoms with Gasteiger partial charge in [0.05, 0.1) is 12.6 Å². The van der Waals surface area contributed by atoms with Crippen LogP contribution in [0.4, 0.5) is 10.5 Å². The first-order valence-electron chi connectivity index (χ1n) is 7.00. The summed E-state index contributed by atoms with van der Waals surface area (Å²) in [5.74, 6) is -0.236. The lowest BCUT2D eigenvalue weighted by atomic mass is 10.1. The molecule has 2 heterocycles.